The lowest BCUT2D eigenvalue weighted by Gasteiger charge is -2.31. The van der Waals surface area contributed by atoms with Crippen molar-refractivity contribution in [3.63, 3.8) is 0 Å². The largest absolute Gasteiger partial charge is 0.388 e. The average molecular weight is 450 g/mol. The van der Waals surface area contributed by atoms with Gasteiger partial charge in [0.05, 0.1) is 19.2 Å². The minimum atomic E-state index is -5.20. The summed E-state index contributed by atoms with van der Waals surface area (Å²) in [7, 11) is -5.20. The van der Waals surface area contributed by atoms with Crippen LogP contribution >= 0.6 is 0 Å². The van der Waals surface area contributed by atoms with Crippen LogP contribution in [0.4, 0.5) is 5.95 Å². The maximum absolute atomic E-state index is 13.6. The lowest BCUT2D eigenvalue weighted by Crippen LogP contribution is -2.42. The number of nitrogens with zero attached hydrogens (tertiary/aromatic N) is 4. The van der Waals surface area contributed by atoms with Gasteiger partial charge in [-0.1, -0.05) is 0 Å². The number of hydrogen-bond acceptors (Lipinski definition) is 7. The molecule has 164 valence electrons. The SMILES string of the molecule is [2H]C([2H])([2H])c1cc2cnc(NC3([2H])C([2H])([2H])CN(S(=O)(=O)C([2H])([2H])[2H])CC3([2H])[2H])nc2n(C2CCCC2(O)C([2H])([2H])[2H])c1=O. The fourth-order valence-electron chi connectivity index (χ4n) is 3.61. The van der Waals surface area contributed by atoms with Gasteiger partial charge in [-0.25, -0.2) is 17.7 Å². The zero-order valence-electron chi connectivity index (χ0n) is 29.6. The molecule has 0 bridgehead atoms. The van der Waals surface area contributed by atoms with Gasteiger partial charge in [0.2, 0.25) is 16.0 Å². The van der Waals surface area contributed by atoms with Crippen LogP contribution in [0.1, 0.15) is 69.7 Å². The third-order valence-electron chi connectivity index (χ3n) is 5.11. The van der Waals surface area contributed by atoms with Crippen molar-refractivity contribution in [3.05, 3.63) is 28.2 Å². The predicted molar refractivity (Wildman–Crippen MR) is 115 cm³/mol. The Morgan fingerprint density at radius 1 is 1.43 bits per heavy atom. The van der Waals surface area contributed by atoms with Crippen LogP contribution in [0.3, 0.4) is 0 Å². The molecule has 0 spiro atoms. The van der Waals surface area contributed by atoms with Crippen LogP contribution in [0.15, 0.2) is 17.1 Å². The summed E-state index contributed by atoms with van der Waals surface area (Å²) in [6, 6.07) is -3.61. The van der Waals surface area contributed by atoms with Crippen molar-refractivity contribution in [2.45, 2.75) is 63.4 Å². The molecular weight excluding hydrogens is 406 g/mol. The maximum atomic E-state index is 13.6. The van der Waals surface area contributed by atoms with Crippen LogP contribution in [0.2, 0.25) is 0 Å². The third-order valence-corrected chi connectivity index (χ3v) is 6.05. The second kappa shape index (κ2) is 7.58. The second-order valence-corrected chi connectivity index (χ2v) is 8.63. The molecule has 2 N–H and O–H groups in total. The third kappa shape index (κ3) is 3.95. The Morgan fingerprint density at radius 3 is 2.93 bits per heavy atom. The Balaban J connectivity index is 1.89. The first-order chi connectivity index (χ1) is 19.6. The van der Waals surface area contributed by atoms with Gasteiger partial charge in [0.25, 0.3) is 5.56 Å². The fraction of sp³-hybridized carbons (Fsp3) is 0.650. The highest BCUT2D eigenvalue weighted by atomic mass is 32.2. The van der Waals surface area contributed by atoms with Gasteiger partial charge in [0, 0.05) is 54.1 Å². The van der Waals surface area contributed by atoms with Crippen LogP contribution in [-0.2, 0) is 10.0 Å². The molecule has 3 heterocycles. The Kier molecular flexibility index (Phi) is 2.54. The summed E-state index contributed by atoms with van der Waals surface area (Å²) in [5.41, 5.74) is -4.78. The van der Waals surface area contributed by atoms with Crippen LogP contribution in [0.5, 0.6) is 0 Å². The first-order valence-electron chi connectivity index (χ1n) is 16.0. The number of aromatic nitrogens is 3. The highest BCUT2D eigenvalue weighted by Gasteiger charge is 2.39. The van der Waals surface area contributed by atoms with Crippen molar-refractivity contribution in [2.75, 3.05) is 24.6 Å². The molecule has 30 heavy (non-hydrogen) atoms. The molecule has 2 aromatic heterocycles. The molecule has 0 radical (unpaired) electrons. The number of pyridine rings is 1. The lowest BCUT2D eigenvalue weighted by atomic mass is 9.99. The van der Waals surface area contributed by atoms with Gasteiger partial charge in [-0.05, 0) is 51.8 Å². The Morgan fingerprint density at radius 2 is 2.23 bits per heavy atom. The van der Waals surface area contributed by atoms with E-state index >= 15 is 0 Å². The van der Waals surface area contributed by atoms with E-state index in [-0.39, 0.29) is 29.0 Å². The predicted octanol–water partition coefficient (Wildman–Crippen LogP) is 1.41. The van der Waals surface area contributed by atoms with Gasteiger partial charge in [0.1, 0.15) is 5.65 Å². The summed E-state index contributed by atoms with van der Waals surface area (Å²) in [5, 5.41) is 13.3. The topological polar surface area (TPSA) is 117 Å². The van der Waals surface area contributed by atoms with Crippen molar-refractivity contribution in [1.82, 2.24) is 18.8 Å². The molecule has 2 unspecified atom stereocenters. The Bertz CT molecular complexity index is 1620. The maximum Gasteiger partial charge on any atom is 0.255 e. The van der Waals surface area contributed by atoms with E-state index in [1.165, 1.54) is 0 Å². The van der Waals surface area contributed by atoms with Crippen molar-refractivity contribution in [1.29, 1.82) is 0 Å². The van der Waals surface area contributed by atoms with Crippen LogP contribution in [0, 0.1) is 6.85 Å². The fourth-order valence-corrected chi connectivity index (χ4v) is 4.07. The van der Waals surface area contributed by atoms with E-state index in [0.717, 1.165) is 12.3 Å². The molecule has 1 saturated carbocycles. The monoisotopic (exact) mass is 449 g/mol. The Hall–Kier alpha value is -2.04. The molecule has 10 heteroatoms. The molecule has 0 aromatic carbocycles. The lowest BCUT2D eigenvalue weighted by molar-refractivity contribution is 0.0266. The second-order valence-electron chi connectivity index (χ2n) is 7.16. The first kappa shape index (κ1) is 10.1. The summed E-state index contributed by atoms with van der Waals surface area (Å²) in [6.45, 7) is -8.46. The molecule has 0 amide bonds. The smallest absolute Gasteiger partial charge is 0.255 e. The summed E-state index contributed by atoms with van der Waals surface area (Å²) in [5.74, 6) is -0.683. The quantitative estimate of drug-likeness (QED) is 0.725. The average Bonchev–Trinajstić information content (AvgIpc) is 3.23. The van der Waals surface area contributed by atoms with Gasteiger partial charge in [-0.2, -0.15) is 4.98 Å². The van der Waals surface area contributed by atoms with E-state index < -0.39 is 96.1 Å². The number of nitrogens with one attached hydrogen (secondary N) is 1. The van der Waals surface area contributed by atoms with Crippen molar-refractivity contribution < 1.29 is 32.7 Å². The molecule has 2 aromatic rings. The van der Waals surface area contributed by atoms with Crippen LogP contribution in [0.25, 0.3) is 11.0 Å². The number of piperidine rings is 1. The standard InChI is InChI=1S/C20H29N5O4S/c1-13-11-14-12-21-19(22-15-6-9-24(10-7-15)30(3,28)29)23-17(14)25(18(13)26)16-5-4-8-20(16,2)27/h11-12,15-16,27H,4-10H2,1-3H3,(H,21,22,23)/i1D3,2D3,3D3,6D2,7D2,15D. The number of aryl methyl sites for hydroxylation is 1. The Labute approximate surface area is 195 Å². The van der Waals surface area contributed by atoms with E-state index in [1.807, 2.05) is 0 Å². The van der Waals surface area contributed by atoms with Gasteiger partial charge in [-0.3, -0.25) is 9.36 Å². The molecule has 4 rings (SSSR count). The van der Waals surface area contributed by atoms with Crippen molar-refractivity contribution >= 4 is 27.0 Å². The number of aliphatic hydroxyl groups is 1. The molecule has 2 aliphatic rings. The van der Waals surface area contributed by atoms with E-state index in [4.69, 9.17) is 19.2 Å². The van der Waals surface area contributed by atoms with E-state index in [9.17, 15) is 18.3 Å². The van der Waals surface area contributed by atoms with Gasteiger partial charge < -0.3 is 10.4 Å². The van der Waals surface area contributed by atoms with E-state index in [1.54, 1.807) is 0 Å². The number of fused-ring (bicyclic) bond motifs is 1. The molecule has 1 aliphatic heterocycles. The minimum absolute atomic E-state index is 0.0671. The summed E-state index contributed by atoms with van der Waals surface area (Å²) < 4.78 is 137. The zero-order valence-corrected chi connectivity index (χ0v) is 16.5. The molecule has 9 nitrogen and oxygen atoms in total. The summed E-state index contributed by atoms with van der Waals surface area (Å²) in [4.78, 5) is 21.6. The normalized spacial score (nSPS) is 38.9. The van der Waals surface area contributed by atoms with Gasteiger partial charge >= 0.3 is 0 Å². The van der Waals surface area contributed by atoms with Gasteiger partial charge in [-0.15, -0.1) is 0 Å². The van der Waals surface area contributed by atoms with Crippen molar-refractivity contribution in [3.8, 4) is 0 Å². The number of sulfonamides is 1. The van der Waals surface area contributed by atoms with Gasteiger partial charge in [0.15, 0.2) is 0 Å². The zero-order chi connectivity index (χ0) is 33.7. The first-order valence-corrected chi connectivity index (χ1v) is 10.5. The molecule has 1 saturated heterocycles. The molecular formula is C20H29N5O4S. The highest BCUT2D eigenvalue weighted by Crippen LogP contribution is 2.39. The number of anilines is 1. The number of hydrogen-bond donors (Lipinski definition) is 2. The molecule has 2 fully saturated rings. The van der Waals surface area contributed by atoms with Crippen molar-refractivity contribution in [2.24, 2.45) is 0 Å². The summed E-state index contributed by atoms with van der Waals surface area (Å²) in [6.07, 6.45) is -9.09. The number of rotatable bonds is 4. The van der Waals surface area contributed by atoms with Crippen LogP contribution < -0.4 is 10.9 Å². The molecule has 1 aliphatic carbocycles. The minimum Gasteiger partial charge on any atom is -0.388 e. The van der Waals surface area contributed by atoms with E-state index in [2.05, 4.69) is 15.3 Å². The summed E-state index contributed by atoms with van der Waals surface area (Å²) >= 11 is 0. The van der Waals surface area contributed by atoms with Crippen LogP contribution in [-0.4, -0.2) is 63.3 Å². The van der Waals surface area contributed by atoms with E-state index in [0.29, 0.717) is 4.57 Å². The highest BCUT2D eigenvalue weighted by molar-refractivity contribution is 7.88. The molecule has 2 atom stereocenters.